The molecule has 0 saturated heterocycles. The van der Waals surface area contributed by atoms with Crippen LogP contribution in [-0.4, -0.2) is 43.0 Å². The summed E-state index contributed by atoms with van der Waals surface area (Å²) in [5.74, 6) is -0.0684. The predicted molar refractivity (Wildman–Crippen MR) is 87.1 cm³/mol. The molecule has 0 atom stereocenters. The third-order valence-corrected chi connectivity index (χ3v) is 2.72. The van der Waals surface area contributed by atoms with Crippen molar-refractivity contribution in [3.05, 3.63) is 42.1 Å². The highest BCUT2D eigenvalue weighted by Gasteiger charge is 2.09. The minimum atomic E-state index is -0.0684. The lowest BCUT2D eigenvalue weighted by Crippen LogP contribution is -2.31. The number of hydrogen-bond acceptors (Lipinski definition) is 3. The molecule has 0 aliphatic heterocycles. The van der Waals surface area contributed by atoms with E-state index >= 15 is 0 Å². The largest absolute Gasteiger partial charge is 0.351 e. The fourth-order valence-corrected chi connectivity index (χ4v) is 1.78. The van der Waals surface area contributed by atoms with Crippen molar-refractivity contribution in [3.8, 4) is 0 Å². The van der Waals surface area contributed by atoms with Crippen LogP contribution in [0.4, 0.5) is 0 Å². The molecule has 0 radical (unpaired) electrons. The topological polar surface area (TPSA) is 45.2 Å². The van der Waals surface area contributed by atoms with Gasteiger partial charge in [0.15, 0.2) is 0 Å². The Morgan fingerprint density at radius 2 is 1.90 bits per heavy atom. The first kappa shape index (κ1) is 18.6. The van der Waals surface area contributed by atoms with Gasteiger partial charge in [0.1, 0.15) is 0 Å². The first-order valence-corrected chi connectivity index (χ1v) is 5.95. The maximum atomic E-state index is 12.1. The lowest BCUT2D eigenvalue weighted by Gasteiger charge is -2.11. The monoisotopic (exact) mass is 315 g/mol. The summed E-state index contributed by atoms with van der Waals surface area (Å²) >= 11 is 0. The molecular weight excluding hydrogens is 297 g/mol. The fraction of sp³-hybridized carbons (Fsp3) is 0.286. The highest BCUT2D eigenvalue weighted by molar-refractivity contribution is 6.05. The second-order valence-electron chi connectivity index (χ2n) is 4.44. The molecule has 0 unspecified atom stereocenters. The van der Waals surface area contributed by atoms with E-state index in [1.807, 2.05) is 43.3 Å². The van der Waals surface area contributed by atoms with Crippen LogP contribution >= 0.6 is 24.8 Å². The van der Waals surface area contributed by atoms with Crippen LogP contribution in [0.2, 0.25) is 0 Å². The van der Waals surface area contributed by atoms with Gasteiger partial charge in [-0.25, -0.2) is 0 Å². The Hall–Kier alpha value is -1.36. The van der Waals surface area contributed by atoms with Gasteiger partial charge < -0.3 is 10.2 Å². The number of aromatic nitrogens is 1. The van der Waals surface area contributed by atoms with Crippen molar-refractivity contribution in [2.75, 3.05) is 27.2 Å². The Kier molecular flexibility index (Phi) is 8.15. The SMILES string of the molecule is CN(C)CCNC(=O)c1cccc2cccnc12.Cl.Cl. The van der Waals surface area contributed by atoms with Crippen molar-refractivity contribution in [1.82, 2.24) is 15.2 Å². The van der Waals surface area contributed by atoms with E-state index < -0.39 is 0 Å². The highest BCUT2D eigenvalue weighted by atomic mass is 35.5. The average Bonchev–Trinajstić information content (AvgIpc) is 2.37. The van der Waals surface area contributed by atoms with Crippen molar-refractivity contribution in [1.29, 1.82) is 0 Å². The molecule has 1 N–H and O–H groups in total. The quantitative estimate of drug-likeness (QED) is 0.942. The molecular formula is C14H19Cl2N3O. The summed E-state index contributed by atoms with van der Waals surface area (Å²) in [5, 5.41) is 3.89. The van der Waals surface area contributed by atoms with Crippen LogP contribution in [-0.2, 0) is 0 Å². The first-order valence-electron chi connectivity index (χ1n) is 5.95. The van der Waals surface area contributed by atoms with Crippen molar-refractivity contribution >= 4 is 41.6 Å². The summed E-state index contributed by atoms with van der Waals surface area (Å²) in [7, 11) is 3.96. The number of nitrogens with zero attached hydrogens (tertiary/aromatic N) is 2. The molecule has 2 aromatic rings. The molecule has 4 nitrogen and oxygen atoms in total. The van der Waals surface area contributed by atoms with Gasteiger partial charge in [-0.2, -0.15) is 0 Å². The van der Waals surface area contributed by atoms with Crippen LogP contribution in [0.5, 0.6) is 0 Å². The van der Waals surface area contributed by atoms with Gasteiger partial charge in [0.25, 0.3) is 5.91 Å². The first-order chi connectivity index (χ1) is 8.68. The summed E-state index contributed by atoms with van der Waals surface area (Å²) in [5.41, 5.74) is 1.38. The molecule has 0 aliphatic carbocycles. The number of rotatable bonds is 4. The minimum absolute atomic E-state index is 0. The zero-order valence-electron chi connectivity index (χ0n) is 11.5. The van der Waals surface area contributed by atoms with Gasteiger partial charge >= 0.3 is 0 Å². The summed E-state index contributed by atoms with van der Waals surface area (Å²) in [6.45, 7) is 1.46. The third-order valence-electron chi connectivity index (χ3n) is 2.72. The average molecular weight is 316 g/mol. The predicted octanol–water partition coefficient (Wildman–Crippen LogP) is 2.37. The van der Waals surface area contributed by atoms with Crippen LogP contribution < -0.4 is 5.32 Å². The van der Waals surface area contributed by atoms with Gasteiger partial charge in [-0.05, 0) is 26.2 Å². The fourth-order valence-electron chi connectivity index (χ4n) is 1.78. The number of likely N-dealkylation sites (N-methyl/N-ethyl adjacent to an activating group) is 1. The number of para-hydroxylation sites is 1. The number of pyridine rings is 1. The maximum absolute atomic E-state index is 12.1. The zero-order chi connectivity index (χ0) is 13.0. The third kappa shape index (κ3) is 4.63. The molecule has 1 amide bonds. The zero-order valence-corrected chi connectivity index (χ0v) is 13.1. The molecule has 0 spiro atoms. The second-order valence-corrected chi connectivity index (χ2v) is 4.44. The molecule has 2 rings (SSSR count). The normalized spacial score (nSPS) is 9.75. The van der Waals surface area contributed by atoms with E-state index in [0.717, 1.165) is 17.4 Å². The van der Waals surface area contributed by atoms with Gasteiger partial charge in [-0.15, -0.1) is 24.8 Å². The highest BCUT2D eigenvalue weighted by Crippen LogP contribution is 2.15. The van der Waals surface area contributed by atoms with E-state index in [2.05, 4.69) is 10.3 Å². The molecule has 1 aromatic carbocycles. The molecule has 1 aromatic heterocycles. The van der Waals surface area contributed by atoms with Gasteiger partial charge in [0.2, 0.25) is 0 Å². The molecule has 0 fully saturated rings. The van der Waals surface area contributed by atoms with Crippen LogP contribution in [0, 0.1) is 0 Å². The Balaban J connectivity index is 0.00000180. The standard InChI is InChI=1S/C14H17N3O.2ClH/c1-17(2)10-9-16-14(18)12-7-3-5-11-6-4-8-15-13(11)12;;/h3-8H,9-10H2,1-2H3,(H,16,18);2*1H. The molecule has 0 aliphatic rings. The number of benzene rings is 1. The maximum Gasteiger partial charge on any atom is 0.253 e. The van der Waals surface area contributed by atoms with E-state index in [0.29, 0.717) is 12.1 Å². The van der Waals surface area contributed by atoms with Crippen LogP contribution in [0.25, 0.3) is 10.9 Å². The summed E-state index contributed by atoms with van der Waals surface area (Å²) in [6, 6.07) is 9.47. The second kappa shape index (κ2) is 8.74. The van der Waals surface area contributed by atoms with Crippen molar-refractivity contribution < 1.29 is 4.79 Å². The molecule has 6 heteroatoms. The van der Waals surface area contributed by atoms with E-state index in [9.17, 15) is 4.79 Å². The van der Waals surface area contributed by atoms with Gasteiger partial charge in [-0.1, -0.05) is 18.2 Å². The summed E-state index contributed by atoms with van der Waals surface area (Å²) in [4.78, 5) is 18.4. The van der Waals surface area contributed by atoms with Crippen molar-refractivity contribution in [2.24, 2.45) is 0 Å². The summed E-state index contributed by atoms with van der Waals surface area (Å²) in [6.07, 6.45) is 1.71. The van der Waals surface area contributed by atoms with Gasteiger partial charge in [0, 0.05) is 24.7 Å². The Morgan fingerprint density at radius 3 is 2.60 bits per heavy atom. The molecule has 110 valence electrons. The van der Waals surface area contributed by atoms with Gasteiger partial charge in [-0.3, -0.25) is 9.78 Å². The van der Waals surface area contributed by atoms with Crippen LogP contribution in [0.1, 0.15) is 10.4 Å². The van der Waals surface area contributed by atoms with Crippen molar-refractivity contribution in [2.45, 2.75) is 0 Å². The lowest BCUT2D eigenvalue weighted by atomic mass is 10.1. The van der Waals surface area contributed by atoms with Crippen molar-refractivity contribution in [3.63, 3.8) is 0 Å². The van der Waals surface area contributed by atoms with Crippen LogP contribution in [0.15, 0.2) is 36.5 Å². The molecule has 1 heterocycles. The Labute approximate surface area is 131 Å². The molecule has 0 bridgehead atoms. The minimum Gasteiger partial charge on any atom is -0.351 e. The van der Waals surface area contributed by atoms with E-state index in [-0.39, 0.29) is 30.7 Å². The van der Waals surface area contributed by atoms with E-state index in [1.165, 1.54) is 0 Å². The van der Waals surface area contributed by atoms with E-state index in [4.69, 9.17) is 0 Å². The number of fused-ring (bicyclic) bond motifs is 1. The summed E-state index contributed by atoms with van der Waals surface area (Å²) < 4.78 is 0. The number of halogens is 2. The van der Waals surface area contributed by atoms with Crippen LogP contribution in [0.3, 0.4) is 0 Å². The number of amides is 1. The van der Waals surface area contributed by atoms with E-state index in [1.54, 1.807) is 12.3 Å². The Morgan fingerprint density at radius 1 is 1.20 bits per heavy atom. The Bertz CT molecular complexity index is 556. The smallest absolute Gasteiger partial charge is 0.253 e. The number of nitrogens with one attached hydrogen (secondary N) is 1. The van der Waals surface area contributed by atoms with Gasteiger partial charge in [0.05, 0.1) is 11.1 Å². The number of carbonyl (C=O) groups is 1. The lowest BCUT2D eigenvalue weighted by molar-refractivity contribution is 0.0952. The number of carbonyl (C=O) groups excluding carboxylic acids is 1. The molecule has 20 heavy (non-hydrogen) atoms. The number of hydrogen-bond donors (Lipinski definition) is 1. The molecule has 0 saturated carbocycles.